The largest absolute Gasteiger partial charge is 0.467 e. The van der Waals surface area contributed by atoms with Gasteiger partial charge in [-0.2, -0.15) is 0 Å². The summed E-state index contributed by atoms with van der Waals surface area (Å²) < 4.78 is 4.79. The molecule has 4 heteroatoms. The highest BCUT2D eigenvalue weighted by Crippen LogP contribution is 2.09. The summed E-state index contributed by atoms with van der Waals surface area (Å²) in [5, 5.41) is 2.79. The molecule has 0 aliphatic rings. The fourth-order valence-corrected chi connectivity index (χ4v) is 2.41. The molecule has 23 heavy (non-hydrogen) atoms. The van der Waals surface area contributed by atoms with Gasteiger partial charge in [-0.15, -0.1) is 6.58 Å². The Morgan fingerprint density at radius 3 is 2.52 bits per heavy atom. The minimum absolute atomic E-state index is 0.154. The number of amides is 1. The van der Waals surface area contributed by atoms with E-state index in [2.05, 4.69) is 11.9 Å². The first-order valence-corrected chi connectivity index (χ1v) is 8.19. The summed E-state index contributed by atoms with van der Waals surface area (Å²) in [7, 11) is 1.35. The van der Waals surface area contributed by atoms with Crippen molar-refractivity contribution in [2.45, 2.75) is 51.0 Å². The maximum absolute atomic E-state index is 12.1. The molecule has 4 nitrogen and oxygen atoms in total. The van der Waals surface area contributed by atoms with Crippen molar-refractivity contribution in [3.8, 4) is 0 Å². The summed E-state index contributed by atoms with van der Waals surface area (Å²) in [4.78, 5) is 23.9. The molecule has 1 aromatic carbocycles. The standard InChI is InChI=1S/C19H27NO3/c1-3-4-5-6-7-11-14-17(19(22)23-2)20-18(21)15-16-12-9-8-10-13-16/h3,8-10,12-13,17H,1,4-7,11,14-15H2,2H3,(H,20,21)/t17-/m1/s1. The van der Waals surface area contributed by atoms with Gasteiger partial charge in [-0.25, -0.2) is 4.79 Å². The molecule has 0 saturated heterocycles. The zero-order chi connectivity index (χ0) is 16.9. The second-order valence-electron chi connectivity index (χ2n) is 5.59. The fraction of sp³-hybridized carbons (Fsp3) is 0.474. The summed E-state index contributed by atoms with van der Waals surface area (Å²) in [5.74, 6) is -0.532. The lowest BCUT2D eigenvalue weighted by Crippen LogP contribution is -2.42. The third-order valence-electron chi connectivity index (χ3n) is 3.68. The molecule has 0 aromatic heterocycles. The maximum atomic E-state index is 12.1. The number of unbranched alkanes of at least 4 members (excludes halogenated alkanes) is 4. The van der Waals surface area contributed by atoms with Crippen molar-refractivity contribution in [3.63, 3.8) is 0 Å². The summed E-state index contributed by atoms with van der Waals surface area (Å²) in [6, 6.07) is 8.92. The Labute approximate surface area is 138 Å². The van der Waals surface area contributed by atoms with Crippen LogP contribution in [0, 0.1) is 0 Å². The molecule has 126 valence electrons. The Morgan fingerprint density at radius 2 is 1.87 bits per heavy atom. The van der Waals surface area contributed by atoms with E-state index in [1.165, 1.54) is 7.11 Å². The molecule has 0 radical (unpaired) electrons. The van der Waals surface area contributed by atoms with Gasteiger partial charge in [0.15, 0.2) is 0 Å². The van der Waals surface area contributed by atoms with E-state index in [-0.39, 0.29) is 18.3 Å². The van der Waals surface area contributed by atoms with E-state index in [0.717, 1.165) is 37.7 Å². The molecule has 1 rings (SSSR count). The van der Waals surface area contributed by atoms with Crippen LogP contribution >= 0.6 is 0 Å². The lowest BCUT2D eigenvalue weighted by molar-refractivity contribution is -0.145. The molecule has 0 spiro atoms. The first kappa shape index (κ1) is 18.9. The van der Waals surface area contributed by atoms with Gasteiger partial charge >= 0.3 is 5.97 Å². The van der Waals surface area contributed by atoms with Crippen LogP contribution in [-0.2, 0) is 20.7 Å². The van der Waals surface area contributed by atoms with Gasteiger partial charge in [0.1, 0.15) is 6.04 Å². The van der Waals surface area contributed by atoms with Crippen LogP contribution in [0.1, 0.15) is 44.1 Å². The highest BCUT2D eigenvalue weighted by atomic mass is 16.5. The molecule has 0 aliphatic heterocycles. The van der Waals surface area contributed by atoms with Crippen LogP contribution < -0.4 is 5.32 Å². The van der Waals surface area contributed by atoms with Crippen molar-refractivity contribution in [3.05, 3.63) is 48.6 Å². The average molecular weight is 317 g/mol. The van der Waals surface area contributed by atoms with E-state index in [0.29, 0.717) is 6.42 Å². The van der Waals surface area contributed by atoms with E-state index in [1.54, 1.807) is 0 Å². The Kier molecular flexibility index (Phi) is 9.45. The quantitative estimate of drug-likeness (QED) is 0.386. The molecule has 1 aromatic rings. The minimum atomic E-state index is -0.560. The van der Waals surface area contributed by atoms with Crippen molar-refractivity contribution in [1.82, 2.24) is 5.32 Å². The van der Waals surface area contributed by atoms with Gasteiger partial charge in [-0.3, -0.25) is 4.79 Å². The van der Waals surface area contributed by atoms with Crippen molar-refractivity contribution in [1.29, 1.82) is 0 Å². The van der Waals surface area contributed by atoms with Crippen LogP contribution in [0.25, 0.3) is 0 Å². The molecule has 1 atom stereocenters. The number of benzene rings is 1. The van der Waals surface area contributed by atoms with Gasteiger partial charge in [0.2, 0.25) is 5.91 Å². The number of carbonyl (C=O) groups is 2. The number of hydrogen-bond acceptors (Lipinski definition) is 3. The Morgan fingerprint density at radius 1 is 1.17 bits per heavy atom. The van der Waals surface area contributed by atoms with E-state index in [9.17, 15) is 9.59 Å². The Balaban J connectivity index is 2.39. The van der Waals surface area contributed by atoms with Crippen LogP contribution in [0.5, 0.6) is 0 Å². The summed E-state index contributed by atoms with van der Waals surface area (Å²) in [6.45, 7) is 3.70. The number of rotatable bonds is 11. The molecule has 0 unspecified atom stereocenters. The monoisotopic (exact) mass is 317 g/mol. The second kappa shape index (κ2) is 11.5. The lowest BCUT2D eigenvalue weighted by atomic mass is 10.1. The molecule has 0 saturated carbocycles. The van der Waals surface area contributed by atoms with Crippen LogP contribution in [0.3, 0.4) is 0 Å². The molecule has 0 bridgehead atoms. The first-order valence-electron chi connectivity index (χ1n) is 8.19. The lowest BCUT2D eigenvalue weighted by Gasteiger charge is -2.16. The Bertz CT molecular complexity index is 485. The number of hydrogen-bond donors (Lipinski definition) is 1. The molecular weight excluding hydrogens is 290 g/mol. The van der Waals surface area contributed by atoms with E-state index < -0.39 is 6.04 Å². The molecule has 0 fully saturated rings. The van der Waals surface area contributed by atoms with Gasteiger partial charge in [0.25, 0.3) is 0 Å². The number of allylic oxidation sites excluding steroid dienone is 1. The van der Waals surface area contributed by atoms with E-state index in [1.807, 2.05) is 36.4 Å². The Hall–Kier alpha value is -2.10. The van der Waals surface area contributed by atoms with Gasteiger partial charge in [-0.1, -0.05) is 55.7 Å². The zero-order valence-electron chi connectivity index (χ0n) is 13.9. The third kappa shape index (κ3) is 8.19. The van der Waals surface area contributed by atoms with Crippen LogP contribution in [0.4, 0.5) is 0 Å². The summed E-state index contributed by atoms with van der Waals surface area (Å²) in [5.41, 5.74) is 0.929. The topological polar surface area (TPSA) is 55.4 Å². The van der Waals surface area contributed by atoms with Crippen molar-refractivity contribution in [2.75, 3.05) is 7.11 Å². The fourth-order valence-electron chi connectivity index (χ4n) is 2.41. The zero-order valence-corrected chi connectivity index (χ0v) is 13.9. The summed E-state index contributed by atoms with van der Waals surface area (Å²) in [6.07, 6.45) is 7.98. The number of methoxy groups -OCH3 is 1. The smallest absolute Gasteiger partial charge is 0.328 e. The van der Waals surface area contributed by atoms with Crippen molar-refractivity contribution < 1.29 is 14.3 Å². The first-order chi connectivity index (χ1) is 11.2. The van der Waals surface area contributed by atoms with Gasteiger partial charge < -0.3 is 10.1 Å². The predicted octanol–water partition coefficient (Wildman–Crippen LogP) is 3.41. The second-order valence-corrected chi connectivity index (χ2v) is 5.59. The SMILES string of the molecule is C=CCCCCCC[C@@H](NC(=O)Cc1ccccc1)C(=O)OC. The van der Waals surface area contributed by atoms with Gasteiger partial charge in [-0.05, 0) is 24.8 Å². The van der Waals surface area contributed by atoms with E-state index >= 15 is 0 Å². The minimum Gasteiger partial charge on any atom is -0.467 e. The maximum Gasteiger partial charge on any atom is 0.328 e. The highest BCUT2D eigenvalue weighted by Gasteiger charge is 2.20. The molecule has 0 aliphatic carbocycles. The highest BCUT2D eigenvalue weighted by molar-refractivity contribution is 5.85. The number of esters is 1. The third-order valence-corrected chi connectivity index (χ3v) is 3.68. The van der Waals surface area contributed by atoms with Gasteiger partial charge in [0.05, 0.1) is 13.5 Å². The average Bonchev–Trinajstić information content (AvgIpc) is 2.57. The summed E-state index contributed by atoms with van der Waals surface area (Å²) >= 11 is 0. The molecule has 1 N–H and O–H groups in total. The molecular formula is C19H27NO3. The molecule has 0 heterocycles. The van der Waals surface area contributed by atoms with Crippen LogP contribution in [0.2, 0.25) is 0 Å². The normalized spacial score (nSPS) is 11.5. The number of nitrogens with one attached hydrogen (secondary N) is 1. The van der Waals surface area contributed by atoms with Crippen LogP contribution in [-0.4, -0.2) is 25.0 Å². The predicted molar refractivity (Wildman–Crippen MR) is 92.0 cm³/mol. The van der Waals surface area contributed by atoms with Crippen molar-refractivity contribution in [2.24, 2.45) is 0 Å². The van der Waals surface area contributed by atoms with Gasteiger partial charge in [0, 0.05) is 0 Å². The van der Waals surface area contributed by atoms with E-state index in [4.69, 9.17) is 4.74 Å². The van der Waals surface area contributed by atoms with Crippen LogP contribution in [0.15, 0.2) is 43.0 Å². The molecule has 1 amide bonds. The number of carbonyl (C=O) groups excluding carboxylic acids is 2. The van der Waals surface area contributed by atoms with Crippen molar-refractivity contribution >= 4 is 11.9 Å². The number of ether oxygens (including phenoxy) is 1.